The molecule has 0 saturated carbocycles. The number of aliphatic carboxylic acids is 1. The van der Waals surface area contributed by atoms with Gasteiger partial charge < -0.3 is 5.11 Å². The molecule has 1 aliphatic heterocycles. The number of carbonyl (C=O) groups is 1. The highest BCUT2D eigenvalue weighted by atomic mass is 32.2. The molecule has 2 rings (SSSR count). The van der Waals surface area contributed by atoms with E-state index in [1.807, 2.05) is 0 Å². The van der Waals surface area contributed by atoms with Gasteiger partial charge in [0.1, 0.15) is 11.9 Å². The van der Waals surface area contributed by atoms with E-state index in [0.717, 1.165) is 4.31 Å². The molecule has 0 radical (unpaired) electrons. The second-order valence-electron chi connectivity index (χ2n) is 5.40. The van der Waals surface area contributed by atoms with E-state index >= 15 is 0 Å². The van der Waals surface area contributed by atoms with Crippen LogP contribution in [0.1, 0.15) is 25.3 Å². The van der Waals surface area contributed by atoms with Crippen molar-refractivity contribution in [2.75, 3.05) is 6.54 Å². The van der Waals surface area contributed by atoms with Crippen LogP contribution in [0.5, 0.6) is 0 Å². The fourth-order valence-electron chi connectivity index (χ4n) is 2.70. The Hall–Kier alpha value is -1.47. The highest BCUT2D eigenvalue weighted by Crippen LogP contribution is 2.27. The summed E-state index contributed by atoms with van der Waals surface area (Å²) < 4.78 is 38.9. The minimum absolute atomic E-state index is 0.213. The summed E-state index contributed by atoms with van der Waals surface area (Å²) >= 11 is 0. The van der Waals surface area contributed by atoms with Crippen molar-refractivity contribution in [2.24, 2.45) is 5.92 Å². The van der Waals surface area contributed by atoms with Crippen molar-refractivity contribution < 1.29 is 22.7 Å². The topological polar surface area (TPSA) is 74.7 Å². The zero-order chi connectivity index (χ0) is 15.6. The predicted molar refractivity (Wildman–Crippen MR) is 75.6 cm³/mol. The highest BCUT2D eigenvalue weighted by Gasteiger charge is 2.40. The maximum Gasteiger partial charge on any atom is 0.322 e. The smallest absolute Gasteiger partial charge is 0.322 e. The molecule has 0 spiro atoms. The average molecular weight is 315 g/mol. The first-order valence-electron chi connectivity index (χ1n) is 6.78. The summed E-state index contributed by atoms with van der Waals surface area (Å²) in [6.45, 7) is 1.96. The van der Waals surface area contributed by atoms with Crippen LogP contribution in [0.2, 0.25) is 0 Å². The van der Waals surface area contributed by atoms with Crippen molar-refractivity contribution in [1.82, 2.24) is 4.31 Å². The first kappa shape index (κ1) is 15.9. The van der Waals surface area contributed by atoms with Crippen molar-refractivity contribution in [3.05, 3.63) is 35.6 Å². The molecule has 2 unspecified atom stereocenters. The van der Waals surface area contributed by atoms with Crippen molar-refractivity contribution in [3.63, 3.8) is 0 Å². The standard InChI is InChI=1S/C14H18FNO4S/c1-10-3-2-8-16(13(10)14(17)18)21(19,20)9-11-4-6-12(15)7-5-11/h4-7,10,13H,2-3,8-9H2,1H3,(H,17,18). The molecule has 2 atom stereocenters. The van der Waals surface area contributed by atoms with Crippen LogP contribution in [-0.2, 0) is 20.6 Å². The van der Waals surface area contributed by atoms with Gasteiger partial charge in [-0.1, -0.05) is 19.1 Å². The van der Waals surface area contributed by atoms with Crippen molar-refractivity contribution in [2.45, 2.75) is 31.6 Å². The lowest BCUT2D eigenvalue weighted by atomic mass is 9.93. The summed E-state index contributed by atoms with van der Waals surface area (Å²) in [5.74, 6) is -2.10. The Morgan fingerprint density at radius 1 is 1.38 bits per heavy atom. The molecule has 1 N–H and O–H groups in total. The second-order valence-corrected chi connectivity index (χ2v) is 7.32. The highest BCUT2D eigenvalue weighted by molar-refractivity contribution is 7.88. The van der Waals surface area contributed by atoms with E-state index in [4.69, 9.17) is 0 Å². The third-order valence-electron chi connectivity index (χ3n) is 3.76. The molecule has 21 heavy (non-hydrogen) atoms. The minimum Gasteiger partial charge on any atom is -0.480 e. The van der Waals surface area contributed by atoms with Gasteiger partial charge in [0.2, 0.25) is 10.0 Å². The van der Waals surface area contributed by atoms with Crippen LogP contribution in [-0.4, -0.2) is 36.4 Å². The molecule has 1 heterocycles. The van der Waals surface area contributed by atoms with Gasteiger partial charge in [0.05, 0.1) is 5.75 Å². The van der Waals surface area contributed by atoms with Crippen molar-refractivity contribution in [3.8, 4) is 0 Å². The Labute approximate surface area is 123 Å². The molecule has 1 aromatic carbocycles. The molecular formula is C14H18FNO4S. The van der Waals surface area contributed by atoms with E-state index in [1.54, 1.807) is 6.92 Å². The normalized spacial score (nSPS) is 23.9. The Kier molecular flexibility index (Phi) is 4.63. The van der Waals surface area contributed by atoms with Crippen molar-refractivity contribution in [1.29, 1.82) is 0 Å². The van der Waals surface area contributed by atoms with E-state index in [-0.39, 0.29) is 18.2 Å². The maximum atomic E-state index is 12.9. The average Bonchev–Trinajstić information content (AvgIpc) is 2.40. The van der Waals surface area contributed by atoms with Gasteiger partial charge in [-0.3, -0.25) is 4.79 Å². The summed E-state index contributed by atoms with van der Waals surface area (Å²) in [7, 11) is -3.75. The van der Waals surface area contributed by atoms with E-state index in [2.05, 4.69) is 0 Å². The lowest BCUT2D eigenvalue weighted by molar-refractivity contribution is -0.144. The first-order chi connectivity index (χ1) is 9.81. The van der Waals surface area contributed by atoms with Crippen molar-refractivity contribution >= 4 is 16.0 Å². The lowest BCUT2D eigenvalue weighted by Crippen LogP contribution is -2.52. The van der Waals surface area contributed by atoms with E-state index in [0.29, 0.717) is 18.4 Å². The first-order valence-corrected chi connectivity index (χ1v) is 8.39. The van der Waals surface area contributed by atoms with Gasteiger partial charge >= 0.3 is 5.97 Å². The summed E-state index contributed by atoms with van der Waals surface area (Å²) in [6.07, 6.45) is 1.34. The number of piperidine rings is 1. The molecule has 1 aliphatic rings. The minimum atomic E-state index is -3.75. The zero-order valence-corrected chi connectivity index (χ0v) is 12.5. The third kappa shape index (κ3) is 3.59. The van der Waals surface area contributed by atoms with Gasteiger partial charge in [-0.25, -0.2) is 12.8 Å². The number of carboxylic acid groups (broad SMARTS) is 1. The third-order valence-corrected chi connectivity index (χ3v) is 5.58. The van der Waals surface area contributed by atoms with Crippen LogP contribution in [0.25, 0.3) is 0 Å². The number of hydrogen-bond donors (Lipinski definition) is 1. The molecule has 116 valence electrons. The Morgan fingerprint density at radius 3 is 2.57 bits per heavy atom. The zero-order valence-electron chi connectivity index (χ0n) is 11.7. The van der Waals surface area contributed by atoms with Gasteiger partial charge in [-0.2, -0.15) is 4.31 Å². The monoisotopic (exact) mass is 315 g/mol. The molecule has 1 fully saturated rings. The molecule has 0 aliphatic carbocycles. The maximum absolute atomic E-state index is 12.9. The van der Waals surface area contributed by atoms with Gasteiger partial charge in [-0.05, 0) is 36.5 Å². The Balaban J connectivity index is 2.24. The van der Waals surface area contributed by atoms with Gasteiger partial charge in [0.15, 0.2) is 0 Å². The second kappa shape index (κ2) is 6.11. The number of sulfonamides is 1. The predicted octanol–water partition coefficient (Wildman–Crippen LogP) is 1.84. The molecule has 7 heteroatoms. The largest absolute Gasteiger partial charge is 0.480 e. The summed E-state index contributed by atoms with van der Waals surface area (Å²) in [5, 5.41) is 9.29. The molecule has 0 aromatic heterocycles. The number of nitrogens with zero attached hydrogens (tertiary/aromatic N) is 1. The van der Waals surface area contributed by atoms with Crippen LogP contribution < -0.4 is 0 Å². The number of halogens is 1. The van der Waals surface area contributed by atoms with E-state index in [1.165, 1.54) is 24.3 Å². The summed E-state index contributed by atoms with van der Waals surface area (Å²) in [4.78, 5) is 11.4. The number of carboxylic acids is 1. The number of rotatable bonds is 4. The Bertz CT molecular complexity index is 614. The molecule has 5 nitrogen and oxygen atoms in total. The van der Waals surface area contributed by atoms with E-state index < -0.39 is 27.9 Å². The molecular weight excluding hydrogens is 297 g/mol. The van der Waals surface area contributed by atoms with Gasteiger partial charge in [0, 0.05) is 6.54 Å². The fraction of sp³-hybridized carbons (Fsp3) is 0.500. The van der Waals surface area contributed by atoms with E-state index in [9.17, 15) is 22.7 Å². The lowest BCUT2D eigenvalue weighted by Gasteiger charge is -2.36. The molecule has 0 amide bonds. The van der Waals surface area contributed by atoms with Gasteiger partial charge in [-0.15, -0.1) is 0 Å². The SMILES string of the molecule is CC1CCCN(S(=O)(=O)Cc2ccc(F)cc2)C1C(=O)O. The fourth-order valence-corrected chi connectivity index (χ4v) is 4.53. The summed E-state index contributed by atoms with van der Waals surface area (Å²) in [6, 6.07) is 4.16. The van der Waals surface area contributed by atoms with Crippen LogP contribution in [0.15, 0.2) is 24.3 Å². The van der Waals surface area contributed by atoms with Crippen LogP contribution in [0.3, 0.4) is 0 Å². The summed E-state index contributed by atoms with van der Waals surface area (Å²) in [5.41, 5.74) is 0.443. The molecule has 1 saturated heterocycles. The Morgan fingerprint density at radius 2 is 2.00 bits per heavy atom. The van der Waals surface area contributed by atoms with Crippen LogP contribution in [0, 0.1) is 11.7 Å². The molecule has 0 bridgehead atoms. The van der Waals surface area contributed by atoms with Crippen LogP contribution >= 0.6 is 0 Å². The van der Waals surface area contributed by atoms with Crippen LogP contribution in [0.4, 0.5) is 4.39 Å². The number of benzene rings is 1. The van der Waals surface area contributed by atoms with Gasteiger partial charge in [0.25, 0.3) is 0 Å². The number of hydrogen-bond acceptors (Lipinski definition) is 3. The quantitative estimate of drug-likeness (QED) is 0.920. The molecule has 1 aromatic rings.